The predicted molar refractivity (Wildman–Crippen MR) is 139 cm³/mol. The summed E-state index contributed by atoms with van der Waals surface area (Å²) in [4.78, 5) is 24.5. The number of benzene rings is 2. The summed E-state index contributed by atoms with van der Waals surface area (Å²) in [5, 5.41) is 0. The molecule has 184 valence electrons. The molecule has 0 bridgehead atoms. The van der Waals surface area contributed by atoms with Crippen LogP contribution in [-0.4, -0.2) is 24.8 Å². The largest absolute Gasteiger partial charge is 0.493 e. The van der Waals surface area contributed by atoms with Crippen molar-refractivity contribution in [2.45, 2.75) is 75.7 Å². The molecule has 0 fully saturated rings. The lowest BCUT2D eigenvalue weighted by Crippen LogP contribution is -2.20. The summed E-state index contributed by atoms with van der Waals surface area (Å²) in [6.45, 7) is 20.5. The van der Waals surface area contributed by atoms with Gasteiger partial charge >= 0.3 is 0 Å². The van der Waals surface area contributed by atoms with Crippen molar-refractivity contribution in [3.8, 4) is 11.5 Å². The van der Waals surface area contributed by atoms with Crippen LogP contribution in [0.1, 0.15) is 96.4 Å². The van der Waals surface area contributed by atoms with Crippen LogP contribution in [0.15, 0.2) is 48.5 Å². The van der Waals surface area contributed by atoms with Crippen molar-refractivity contribution in [1.29, 1.82) is 0 Å². The van der Waals surface area contributed by atoms with E-state index in [9.17, 15) is 9.59 Å². The number of hydrogen-bond donors (Lipinski definition) is 0. The number of carbonyl (C=O) groups excluding carboxylic acids is 2. The molecule has 33 heavy (non-hydrogen) atoms. The molecule has 0 radical (unpaired) electrons. The minimum atomic E-state index is -0.391. The molecular formula is C29H44O4. The van der Waals surface area contributed by atoms with Gasteiger partial charge < -0.3 is 9.47 Å². The summed E-state index contributed by atoms with van der Waals surface area (Å²) in [7, 11) is 0. The van der Waals surface area contributed by atoms with Gasteiger partial charge in [0.25, 0.3) is 0 Å². The Balaban J connectivity index is 0.00000242. The summed E-state index contributed by atoms with van der Waals surface area (Å²) in [5.41, 5.74) is 0.610. The molecule has 0 aliphatic heterocycles. The summed E-state index contributed by atoms with van der Waals surface area (Å²) in [5.74, 6) is 1.71. The van der Waals surface area contributed by atoms with E-state index < -0.39 is 10.8 Å². The normalized spacial score (nSPS) is 10.7. The zero-order valence-corrected chi connectivity index (χ0v) is 22.4. The van der Waals surface area contributed by atoms with Crippen LogP contribution in [0.4, 0.5) is 0 Å². The second-order valence-electron chi connectivity index (χ2n) is 9.26. The second kappa shape index (κ2) is 14.5. The third-order valence-corrected chi connectivity index (χ3v) is 4.42. The van der Waals surface area contributed by atoms with Gasteiger partial charge in [-0.3, -0.25) is 9.59 Å². The van der Waals surface area contributed by atoms with Crippen molar-refractivity contribution in [1.82, 2.24) is 0 Å². The minimum Gasteiger partial charge on any atom is -0.493 e. The fourth-order valence-corrected chi connectivity index (χ4v) is 2.71. The molecule has 0 saturated heterocycles. The van der Waals surface area contributed by atoms with Gasteiger partial charge in [-0.1, -0.05) is 69.2 Å². The first-order valence-electron chi connectivity index (χ1n) is 12.0. The SMILES string of the molecule is CC.CC.CC(C)(C)C(=O)c1ccc(OCCCOc2ccc(C(=O)C(C)(C)C)cc2)cc1. The molecule has 4 heteroatoms. The Morgan fingerprint density at radius 3 is 1.09 bits per heavy atom. The van der Waals surface area contributed by atoms with Crippen molar-refractivity contribution in [2.75, 3.05) is 13.2 Å². The summed E-state index contributed by atoms with van der Waals surface area (Å²) < 4.78 is 11.4. The minimum absolute atomic E-state index is 0.118. The number of hydrogen-bond acceptors (Lipinski definition) is 4. The maximum Gasteiger partial charge on any atom is 0.168 e. The van der Waals surface area contributed by atoms with Crippen molar-refractivity contribution < 1.29 is 19.1 Å². The quantitative estimate of drug-likeness (QED) is 0.298. The van der Waals surface area contributed by atoms with Crippen molar-refractivity contribution in [3.05, 3.63) is 59.7 Å². The number of Topliss-reactive ketones (excluding diaryl/α,β-unsaturated/α-hetero) is 2. The average Bonchev–Trinajstić information content (AvgIpc) is 2.80. The summed E-state index contributed by atoms with van der Waals surface area (Å²) in [6.07, 6.45) is 0.728. The van der Waals surface area contributed by atoms with Crippen LogP contribution >= 0.6 is 0 Å². The summed E-state index contributed by atoms with van der Waals surface area (Å²) >= 11 is 0. The zero-order valence-electron chi connectivity index (χ0n) is 22.4. The van der Waals surface area contributed by atoms with Crippen LogP contribution in [0.25, 0.3) is 0 Å². The highest BCUT2D eigenvalue weighted by Gasteiger charge is 2.23. The highest BCUT2D eigenvalue weighted by Crippen LogP contribution is 2.23. The van der Waals surface area contributed by atoms with Gasteiger partial charge in [0.15, 0.2) is 11.6 Å². The van der Waals surface area contributed by atoms with E-state index in [-0.39, 0.29) is 11.6 Å². The monoisotopic (exact) mass is 456 g/mol. The highest BCUT2D eigenvalue weighted by atomic mass is 16.5. The van der Waals surface area contributed by atoms with Crippen LogP contribution in [-0.2, 0) is 0 Å². The van der Waals surface area contributed by atoms with Gasteiger partial charge in [-0.15, -0.1) is 0 Å². The zero-order chi connectivity index (χ0) is 25.7. The second-order valence-corrected chi connectivity index (χ2v) is 9.26. The Hall–Kier alpha value is -2.62. The van der Waals surface area contributed by atoms with Gasteiger partial charge in [-0.05, 0) is 48.5 Å². The number of ether oxygens (including phenoxy) is 2. The average molecular weight is 457 g/mol. The smallest absolute Gasteiger partial charge is 0.168 e. The van der Waals surface area contributed by atoms with Gasteiger partial charge in [-0.2, -0.15) is 0 Å². The fraction of sp³-hybridized carbons (Fsp3) is 0.517. The van der Waals surface area contributed by atoms with Crippen LogP contribution in [0, 0.1) is 10.8 Å². The Morgan fingerprint density at radius 1 is 0.576 bits per heavy atom. The molecule has 4 nitrogen and oxygen atoms in total. The van der Waals surface area contributed by atoms with Gasteiger partial charge in [0.1, 0.15) is 11.5 Å². The first kappa shape index (κ1) is 30.4. The first-order chi connectivity index (χ1) is 15.5. The Bertz CT molecular complexity index is 748. The molecule has 2 aromatic rings. The molecule has 2 aromatic carbocycles. The van der Waals surface area contributed by atoms with E-state index in [1.54, 1.807) is 24.3 Å². The van der Waals surface area contributed by atoms with E-state index in [2.05, 4.69) is 0 Å². The molecule has 0 heterocycles. The van der Waals surface area contributed by atoms with E-state index in [1.807, 2.05) is 93.5 Å². The van der Waals surface area contributed by atoms with E-state index >= 15 is 0 Å². The molecule has 0 amide bonds. The molecule has 0 aliphatic carbocycles. The topological polar surface area (TPSA) is 52.6 Å². The lowest BCUT2D eigenvalue weighted by molar-refractivity contribution is 0.0852. The van der Waals surface area contributed by atoms with Crippen molar-refractivity contribution in [2.24, 2.45) is 10.8 Å². The third-order valence-electron chi connectivity index (χ3n) is 4.42. The molecule has 0 spiro atoms. The van der Waals surface area contributed by atoms with Gasteiger partial charge in [0, 0.05) is 28.4 Å². The van der Waals surface area contributed by atoms with Crippen LogP contribution < -0.4 is 9.47 Å². The van der Waals surface area contributed by atoms with E-state index in [0.29, 0.717) is 24.3 Å². The van der Waals surface area contributed by atoms with Gasteiger partial charge in [0.2, 0.25) is 0 Å². The van der Waals surface area contributed by atoms with Gasteiger partial charge in [-0.25, -0.2) is 0 Å². The van der Waals surface area contributed by atoms with Crippen LogP contribution in [0.3, 0.4) is 0 Å². The van der Waals surface area contributed by atoms with Crippen molar-refractivity contribution >= 4 is 11.6 Å². The molecule has 0 saturated carbocycles. The standard InChI is InChI=1S/C25H32O4.2C2H6/c1-24(2,3)22(26)18-8-12-20(13-9-18)28-16-7-17-29-21-14-10-19(11-15-21)23(27)25(4,5)6;2*1-2/h8-15H,7,16-17H2,1-6H3;2*1-2H3. The number of rotatable bonds is 8. The Kier molecular flexibility index (Phi) is 13.4. The molecular weight excluding hydrogens is 412 g/mol. The lowest BCUT2D eigenvalue weighted by Gasteiger charge is -2.17. The number of ketones is 2. The maximum absolute atomic E-state index is 12.2. The van der Waals surface area contributed by atoms with Crippen LogP contribution in [0.2, 0.25) is 0 Å². The van der Waals surface area contributed by atoms with Gasteiger partial charge in [0.05, 0.1) is 13.2 Å². The Morgan fingerprint density at radius 2 is 0.848 bits per heavy atom. The van der Waals surface area contributed by atoms with Crippen molar-refractivity contribution in [3.63, 3.8) is 0 Å². The van der Waals surface area contributed by atoms with E-state index in [0.717, 1.165) is 17.9 Å². The maximum atomic E-state index is 12.2. The molecule has 0 unspecified atom stereocenters. The van der Waals surface area contributed by atoms with Crippen LogP contribution in [0.5, 0.6) is 11.5 Å². The first-order valence-corrected chi connectivity index (χ1v) is 12.0. The molecule has 2 rings (SSSR count). The fourth-order valence-electron chi connectivity index (χ4n) is 2.71. The highest BCUT2D eigenvalue weighted by molar-refractivity contribution is 6.00. The molecule has 0 aromatic heterocycles. The third kappa shape index (κ3) is 10.7. The number of carbonyl (C=O) groups is 2. The lowest BCUT2D eigenvalue weighted by atomic mass is 9.86. The molecule has 0 N–H and O–H groups in total. The Labute approximate surface area is 201 Å². The predicted octanol–water partition coefficient (Wildman–Crippen LogP) is 8.04. The molecule has 0 atom stereocenters. The van der Waals surface area contributed by atoms with E-state index in [1.165, 1.54) is 0 Å². The molecule has 0 aliphatic rings. The summed E-state index contributed by atoms with van der Waals surface area (Å²) in [6, 6.07) is 14.5. The van der Waals surface area contributed by atoms with E-state index in [4.69, 9.17) is 9.47 Å².